The Morgan fingerprint density at radius 2 is 1.96 bits per heavy atom. The van der Waals surface area contributed by atoms with Crippen LogP contribution in [0, 0.1) is 0 Å². The molecule has 2 aromatic heterocycles. The zero-order valence-corrected chi connectivity index (χ0v) is 13.4. The maximum absolute atomic E-state index is 12.6. The number of aromatic nitrogens is 3. The molecule has 0 radical (unpaired) electrons. The number of rotatable bonds is 6. The molecule has 0 aliphatic carbocycles. The summed E-state index contributed by atoms with van der Waals surface area (Å²) in [6.07, 6.45) is 2.78. The zero-order valence-electron chi connectivity index (χ0n) is 12.6. The molecule has 0 bridgehead atoms. The molecule has 1 amide bonds. The smallest absolute Gasteiger partial charge is 0.244 e. The summed E-state index contributed by atoms with van der Waals surface area (Å²) >= 11 is 0. The van der Waals surface area contributed by atoms with E-state index in [1.807, 2.05) is 6.07 Å². The predicted octanol–water partition coefficient (Wildman–Crippen LogP) is 0.707. The lowest BCUT2D eigenvalue weighted by atomic mass is 10.2. The van der Waals surface area contributed by atoms with Gasteiger partial charge in [-0.3, -0.25) is 4.79 Å². The van der Waals surface area contributed by atoms with Gasteiger partial charge in [-0.1, -0.05) is 30.3 Å². The van der Waals surface area contributed by atoms with E-state index in [0.717, 1.165) is 3.97 Å². The number of anilines is 1. The maximum atomic E-state index is 12.6. The second-order valence-corrected chi connectivity index (χ2v) is 6.98. The van der Waals surface area contributed by atoms with Crippen LogP contribution < -0.4 is 11.1 Å². The number of hydrogen-bond acceptors (Lipinski definition) is 6. The quantitative estimate of drug-likeness (QED) is 0.679. The van der Waals surface area contributed by atoms with Crippen LogP contribution in [0.2, 0.25) is 0 Å². The highest BCUT2D eigenvalue weighted by Gasteiger charge is 2.18. The lowest BCUT2D eigenvalue weighted by molar-refractivity contribution is -0.116. The topological polar surface area (TPSA) is 120 Å². The summed E-state index contributed by atoms with van der Waals surface area (Å²) in [6.45, 7) is -0.0762. The molecule has 124 valence electrons. The van der Waals surface area contributed by atoms with Crippen LogP contribution in [-0.2, 0) is 20.6 Å². The van der Waals surface area contributed by atoms with Crippen molar-refractivity contribution in [2.45, 2.75) is 5.75 Å². The highest BCUT2D eigenvalue weighted by molar-refractivity contribution is 7.89. The first-order valence-electron chi connectivity index (χ1n) is 7.09. The van der Waals surface area contributed by atoms with Gasteiger partial charge in [0, 0.05) is 6.20 Å². The van der Waals surface area contributed by atoms with Gasteiger partial charge in [0.1, 0.15) is 11.3 Å². The number of nitrogens with two attached hydrogens (primary N) is 1. The van der Waals surface area contributed by atoms with Crippen LogP contribution in [0.1, 0.15) is 5.56 Å². The monoisotopic (exact) mass is 345 g/mol. The van der Waals surface area contributed by atoms with E-state index in [4.69, 9.17) is 5.73 Å². The molecule has 1 aromatic carbocycles. The molecule has 0 saturated heterocycles. The van der Waals surface area contributed by atoms with Crippen LogP contribution in [0.15, 0.2) is 48.8 Å². The molecular formula is C15H15N5O3S. The summed E-state index contributed by atoms with van der Waals surface area (Å²) in [6, 6.07) is 10.5. The number of carbonyl (C=O) groups excluding carboxylic acids is 1. The van der Waals surface area contributed by atoms with Gasteiger partial charge in [0.15, 0.2) is 5.65 Å². The van der Waals surface area contributed by atoms with Crippen LogP contribution in [-0.4, -0.2) is 34.8 Å². The molecule has 0 aliphatic rings. The van der Waals surface area contributed by atoms with E-state index in [9.17, 15) is 13.2 Å². The number of primary amides is 1. The minimum atomic E-state index is -3.62. The second-order valence-electron chi connectivity index (χ2n) is 5.14. The summed E-state index contributed by atoms with van der Waals surface area (Å²) in [5.41, 5.74) is 6.38. The molecule has 0 fully saturated rings. The number of fused-ring (bicyclic) bond motifs is 1. The highest BCUT2D eigenvalue weighted by Crippen LogP contribution is 2.18. The minimum absolute atomic E-state index is 0.0762. The van der Waals surface area contributed by atoms with Crippen LogP contribution in [0.4, 0.5) is 5.82 Å². The minimum Gasteiger partial charge on any atom is -0.368 e. The molecule has 24 heavy (non-hydrogen) atoms. The van der Waals surface area contributed by atoms with Crippen LogP contribution in [0.5, 0.6) is 0 Å². The van der Waals surface area contributed by atoms with Gasteiger partial charge in [0.2, 0.25) is 15.9 Å². The molecule has 0 spiro atoms. The van der Waals surface area contributed by atoms with Crippen LogP contribution >= 0.6 is 0 Å². The fourth-order valence-electron chi connectivity index (χ4n) is 2.23. The maximum Gasteiger partial charge on any atom is 0.244 e. The van der Waals surface area contributed by atoms with E-state index in [-0.39, 0.29) is 17.9 Å². The summed E-state index contributed by atoms with van der Waals surface area (Å²) < 4.78 is 26.3. The first-order chi connectivity index (χ1) is 11.5. The summed E-state index contributed by atoms with van der Waals surface area (Å²) in [4.78, 5) is 19.1. The van der Waals surface area contributed by atoms with Gasteiger partial charge in [0.25, 0.3) is 0 Å². The van der Waals surface area contributed by atoms with Crippen molar-refractivity contribution in [3.8, 4) is 0 Å². The fraction of sp³-hybridized carbons (Fsp3) is 0.133. The Bertz CT molecular complexity index is 983. The number of amides is 1. The molecule has 3 N–H and O–H groups in total. The normalized spacial score (nSPS) is 11.5. The van der Waals surface area contributed by atoms with E-state index in [1.54, 1.807) is 30.3 Å². The summed E-state index contributed by atoms with van der Waals surface area (Å²) in [5.74, 6) is -0.319. The van der Waals surface area contributed by atoms with Crippen molar-refractivity contribution < 1.29 is 13.2 Å². The van der Waals surface area contributed by atoms with E-state index >= 15 is 0 Å². The van der Waals surface area contributed by atoms with E-state index < -0.39 is 15.9 Å². The average Bonchev–Trinajstić information content (AvgIpc) is 2.97. The van der Waals surface area contributed by atoms with Crippen molar-refractivity contribution in [3.05, 3.63) is 54.4 Å². The summed E-state index contributed by atoms with van der Waals surface area (Å²) in [7, 11) is -3.62. The van der Waals surface area contributed by atoms with Crippen LogP contribution in [0.3, 0.4) is 0 Å². The second kappa shape index (κ2) is 6.28. The number of nitrogens with zero attached hydrogens (tertiary/aromatic N) is 3. The third-order valence-corrected chi connectivity index (χ3v) is 4.88. The van der Waals surface area contributed by atoms with Gasteiger partial charge in [0.05, 0.1) is 18.5 Å². The molecule has 3 aromatic rings. The highest BCUT2D eigenvalue weighted by atomic mass is 32.2. The van der Waals surface area contributed by atoms with Crippen LogP contribution in [0.25, 0.3) is 11.2 Å². The largest absolute Gasteiger partial charge is 0.368 e. The fourth-order valence-corrected chi connectivity index (χ4v) is 3.63. The number of nitrogens with one attached hydrogen (secondary N) is 1. The third kappa shape index (κ3) is 3.35. The number of benzene rings is 1. The Hall–Kier alpha value is -2.94. The van der Waals surface area contributed by atoms with E-state index in [1.165, 1.54) is 12.4 Å². The first-order valence-corrected chi connectivity index (χ1v) is 8.70. The van der Waals surface area contributed by atoms with Gasteiger partial charge in [-0.2, -0.15) is 0 Å². The molecule has 0 atom stereocenters. The first kappa shape index (κ1) is 15.9. The molecule has 9 heteroatoms. The van der Waals surface area contributed by atoms with Gasteiger partial charge in [-0.25, -0.2) is 22.4 Å². The van der Waals surface area contributed by atoms with E-state index in [0.29, 0.717) is 16.9 Å². The SMILES string of the molecule is NC(=O)CNc1cnc2c(ccn2S(=O)(=O)Cc2ccccc2)n1. The Labute approximate surface area is 138 Å². The van der Waals surface area contributed by atoms with E-state index in [2.05, 4.69) is 15.3 Å². The molecule has 8 nitrogen and oxygen atoms in total. The molecule has 2 heterocycles. The van der Waals surface area contributed by atoms with Crippen molar-refractivity contribution in [3.63, 3.8) is 0 Å². The zero-order chi connectivity index (χ0) is 17.2. The number of carbonyl (C=O) groups is 1. The third-order valence-electron chi connectivity index (χ3n) is 3.29. The summed E-state index contributed by atoms with van der Waals surface area (Å²) in [5, 5.41) is 2.72. The predicted molar refractivity (Wildman–Crippen MR) is 89.7 cm³/mol. The Kier molecular flexibility index (Phi) is 4.17. The Balaban J connectivity index is 1.91. The Morgan fingerprint density at radius 3 is 2.67 bits per heavy atom. The molecule has 0 unspecified atom stereocenters. The van der Waals surface area contributed by atoms with Crippen molar-refractivity contribution in [2.24, 2.45) is 5.73 Å². The standard InChI is InChI=1S/C15H15N5O3S/c16-13(21)8-17-14-9-18-15-12(19-14)6-7-20(15)24(22,23)10-11-4-2-1-3-5-11/h1-7,9H,8,10H2,(H2,16,21)(H,17,19). The van der Waals surface area contributed by atoms with Gasteiger partial charge < -0.3 is 11.1 Å². The number of hydrogen-bond donors (Lipinski definition) is 2. The van der Waals surface area contributed by atoms with Gasteiger partial charge in [-0.05, 0) is 11.6 Å². The van der Waals surface area contributed by atoms with Gasteiger partial charge >= 0.3 is 0 Å². The molecule has 0 aliphatic heterocycles. The van der Waals surface area contributed by atoms with Crippen molar-refractivity contribution in [1.29, 1.82) is 0 Å². The lowest BCUT2D eigenvalue weighted by Gasteiger charge is -2.07. The molecule has 3 rings (SSSR count). The molecule has 0 saturated carbocycles. The lowest BCUT2D eigenvalue weighted by Crippen LogP contribution is -2.22. The van der Waals surface area contributed by atoms with Crippen molar-refractivity contribution >= 4 is 32.9 Å². The van der Waals surface area contributed by atoms with Crippen molar-refractivity contribution in [2.75, 3.05) is 11.9 Å². The van der Waals surface area contributed by atoms with Crippen molar-refractivity contribution in [1.82, 2.24) is 13.9 Å². The molecular weight excluding hydrogens is 330 g/mol. The van der Waals surface area contributed by atoms with Gasteiger partial charge in [-0.15, -0.1) is 0 Å². The average molecular weight is 345 g/mol. The Morgan fingerprint density at radius 1 is 1.21 bits per heavy atom.